The van der Waals surface area contributed by atoms with Gasteiger partial charge < -0.3 is 9.47 Å². The van der Waals surface area contributed by atoms with Crippen LogP contribution in [-0.2, 0) is 19.1 Å². The first-order valence-corrected chi connectivity index (χ1v) is 9.06. The summed E-state index contributed by atoms with van der Waals surface area (Å²) in [5, 5.41) is 0. The lowest BCUT2D eigenvalue weighted by Crippen LogP contribution is -2.14. The van der Waals surface area contributed by atoms with E-state index in [0.29, 0.717) is 50.2 Å². The number of hydrogen-bond acceptors (Lipinski definition) is 4. The van der Waals surface area contributed by atoms with E-state index in [-0.39, 0.29) is 11.9 Å². The molecule has 136 valence electrons. The fourth-order valence-electron chi connectivity index (χ4n) is 2.53. The highest BCUT2D eigenvalue weighted by atomic mass is 16.5. The Morgan fingerprint density at radius 2 is 1.43 bits per heavy atom. The Morgan fingerprint density at radius 1 is 0.913 bits per heavy atom. The summed E-state index contributed by atoms with van der Waals surface area (Å²) in [4.78, 5) is 23.0. The number of hydrogen-bond donors (Lipinski definition) is 0. The quantitative estimate of drug-likeness (QED) is 0.378. The molecule has 0 aromatic carbocycles. The van der Waals surface area contributed by atoms with Crippen LogP contribution in [0.4, 0.5) is 0 Å². The van der Waals surface area contributed by atoms with E-state index in [1.807, 2.05) is 0 Å². The van der Waals surface area contributed by atoms with Crippen LogP contribution in [0.2, 0.25) is 0 Å². The van der Waals surface area contributed by atoms with Gasteiger partial charge in [0.2, 0.25) is 0 Å². The van der Waals surface area contributed by atoms with Crippen LogP contribution in [0.15, 0.2) is 0 Å². The van der Waals surface area contributed by atoms with Crippen molar-refractivity contribution >= 4 is 11.9 Å². The second kappa shape index (κ2) is 12.4. The van der Waals surface area contributed by atoms with E-state index >= 15 is 0 Å². The van der Waals surface area contributed by atoms with Crippen LogP contribution in [-0.4, -0.2) is 25.2 Å². The lowest BCUT2D eigenvalue weighted by Gasteiger charge is -2.22. The molecule has 0 heterocycles. The Hall–Kier alpha value is -1.06. The van der Waals surface area contributed by atoms with Gasteiger partial charge in [0.1, 0.15) is 0 Å². The van der Waals surface area contributed by atoms with E-state index in [0.717, 1.165) is 25.7 Å². The first kappa shape index (κ1) is 21.9. The van der Waals surface area contributed by atoms with Crippen molar-refractivity contribution in [3.8, 4) is 0 Å². The molecule has 0 N–H and O–H groups in total. The molecule has 1 atom stereocenters. The van der Waals surface area contributed by atoms with E-state index in [2.05, 4.69) is 34.6 Å². The van der Waals surface area contributed by atoms with Gasteiger partial charge in [-0.2, -0.15) is 0 Å². The van der Waals surface area contributed by atoms with Crippen LogP contribution in [0.5, 0.6) is 0 Å². The maximum Gasteiger partial charge on any atom is 0.305 e. The highest BCUT2D eigenvalue weighted by Gasteiger charge is 2.15. The summed E-state index contributed by atoms with van der Waals surface area (Å²) in [7, 11) is 0. The highest BCUT2D eigenvalue weighted by molar-refractivity contribution is 5.70. The molecule has 0 aliphatic carbocycles. The van der Waals surface area contributed by atoms with Gasteiger partial charge in [0.15, 0.2) is 0 Å². The Labute approximate surface area is 142 Å². The largest absolute Gasteiger partial charge is 0.466 e. The summed E-state index contributed by atoms with van der Waals surface area (Å²) in [5.74, 6) is 0.232. The average Bonchev–Trinajstić information content (AvgIpc) is 2.42. The van der Waals surface area contributed by atoms with Crippen molar-refractivity contribution in [1.82, 2.24) is 0 Å². The smallest absolute Gasteiger partial charge is 0.305 e. The van der Waals surface area contributed by atoms with E-state index in [9.17, 15) is 9.59 Å². The maximum absolute atomic E-state index is 11.6. The Morgan fingerprint density at radius 3 is 1.91 bits per heavy atom. The predicted molar refractivity (Wildman–Crippen MR) is 93.1 cm³/mol. The van der Waals surface area contributed by atoms with Gasteiger partial charge in [-0.05, 0) is 43.4 Å². The molecule has 0 bridgehead atoms. The van der Waals surface area contributed by atoms with Gasteiger partial charge in [-0.3, -0.25) is 9.59 Å². The fraction of sp³-hybridized carbons (Fsp3) is 0.895. The lowest BCUT2D eigenvalue weighted by atomic mass is 9.84. The molecule has 0 saturated carbocycles. The molecule has 0 aromatic heterocycles. The van der Waals surface area contributed by atoms with Crippen LogP contribution in [0.25, 0.3) is 0 Å². The van der Waals surface area contributed by atoms with Gasteiger partial charge in [-0.1, -0.05) is 41.0 Å². The minimum atomic E-state index is -0.164. The summed E-state index contributed by atoms with van der Waals surface area (Å²) in [5.41, 5.74) is 0.315. The zero-order valence-electron chi connectivity index (χ0n) is 15.8. The number of ether oxygens (including phenoxy) is 2. The molecule has 0 aliphatic rings. The average molecular weight is 328 g/mol. The molecule has 0 radical (unpaired) electrons. The summed E-state index contributed by atoms with van der Waals surface area (Å²) < 4.78 is 10.3. The zero-order valence-corrected chi connectivity index (χ0v) is 15.8. The third-order valence-corrected chi connectivity index (χ3v) is 3.61. The van der Waals surface area contributed by atoms with Crippen molar-refractivity contribution in [2.75, 3.05) is 13.2 Å². The van der Waals surface area contributed by atoms with Crippen LogP contribution >= 0.6 is 0 Å². The van der Waals surface area contributed by atoms with E-state index in [4.69, 9.17) is 9.47 Å². The molecule has 0 aromatic rings. The molecule has 23 heavy (non-hydrogen) atoms. The van der Waals surface area contributed by atoms with Crippen LogP contribution in [0.1, 0.15) is 86.0 Å². The summed E-state index contributed by atoms with van der Waals surface area (Å²) >= 11 is 0. The molecule has 0 rings (SSSR count). The SMILES string of the molecule is CCCCOC(=O)CCCCC(=O)OCCC(C)CC(C)(C)C. The predicted octanol–water partition coefficient (Wildman–Crippen LogP) is 4.90. The Kier molecular flexibility index (Phi) is 11.8. The number of unbranched alkanes of at least 4 members (excludes halogenated alkanes) is 2. The molecule has 4 nitrogen and oxygen atoms in total. The first-order chi connectivity index (χ1) is 10.7. The molecular formula is C19H36O4. The molecule has 0 amide bonds. The summed E-state index contributed by atoms with van der Waals surface area (Å²) in [6.45, 7) is 11.9. The van der Waals surface area contributed by atoms with Gasteiger partial charge in [0.25, 0.3) is 0 Å². The highest BCUT2D eigenvalue weighted by Crippen LogP contribution is 2.25. The summed E-state index contributed by atoms with van der Waals surface area (Å²) in [6.07, 6.45) is 6.10. The lowest BCUT2D eigenvalue weighted by molar-refractivity contribution is -0.146. The number of carbonyl (C=O) groups excluding carboxylic acids is 2. The van der Waals surface area contributed by atoms with E-state index in [1.54, 1.807) is 0 Å². The van der Waals surface area contributed by atoms with Crippen molar-refractivity contribution in [2.24, 2.45) is 11.3 Å². The molecule has 0 saturated heterocycles. The normalized spacial score (nSPS) is 12.7. The molecular weight excluding hydrogens is 292 g/mol. The monoisotopic (exact) mass is 328 g/mol. The number of esters is 2. The third kappa shape index (κ3) is 15.6. The Balaban J connectivity index is 3.55. The van der Waals surface area contributed by atoms with Crippen LogP contribution in [0.3, 0.4) is 0 Å². The molecule has 0 aliphatic heterocycles. The molecule has 0 fully saturated rings. The van der Waals surface area contributed by atoms with Crippen molar-refractivity contribution in [3.63, 3.8) is 0 Å². The second-order valence-electron chi connectivity index (χ2n) is 7.66. The van der Waals surface area contributed by atoms with Gasteiger partial charge >= 0.3 is 11.9 Å². The minimum Gasteiger partial charge on any atom is -0.466 e. The second-order valence-corrected chi connectivity index (χ2v) is 7.66. The Bertz CT molecular complexity index is 331. The van der Waals surface area contributed by atoms with E-state index < -0.39 is 0 Å². The van der Waals surface area contributed by atoms with Gasteiger partial charge in [-0.15, -0.1) is 0 Å². The fourth-order valence-corrected chi connectivity index (χ4v) is 2.53. The number of carbonyl (C=O) groups is 2. The minimum absolute atomic E-state index is 0.160. The van der Waals surface area contributed by atoms with Crippen molar-refractivity contribution in [2.45, 2.75) is 86.0 Å². The van der Waals surface area contributed by atoms with Gasteiger partial charge in [0, 0.05) is 12.8 Å². The molecule has 0 spiro atoms. The van der Waals surface area contributed by atoms with Gasteiger partial charge in [-0.25, -0.2) is 0 Å². The standard InChI is InChI=1S/C19H36O4/c1-6-7-13-22-17(20)10-8-9-11-18(21)23-14-12-16(2)15-19(3,4)5/h16H,6-15H2,1-5H3. The van der Waals surface area contributed by atoms with Crippen molar-refractivity contribution in [3.05, 3.63) is 0 Å². The topological polar surface area (TPSA) is 52.6 Å². The number of rotatable bonds is 12. The van der Waals surface area contributed by atoms with Crippen LogP contribution in [0, 0.1) is 11.3 Å². The maximum atomic E-state index is 11.6. The van der Waals surface area contributed by atoms with Crippen molar-refractivity contribution in [1.29, 1.82) is 0 Å². The first-order valence-electron chi connectivity index (χ1n) is 9.06. The zero-order chi connectivity index (χ0) is 17.7. The van der Waals surface area contributed by atoms with Gasteiger partial charge in [0.05, 0.1) is 13.2 Å². The molecule has 1 unspecified atom stereocenters. The van der Waals surface area contributed by atoms with E-state index in [1.165, 1.54) is 0 Å². The third-order valence-electron chi connectivity index (χ3n) is 3.61. The summed E-state index contributed by atoms with van der Waals surface area (Å²) in [6, 6.07) is 0. The van der Waals surface area contributed by atoms with Crippen molar-refractivity contribution < 1.29 is 19.1 Å². The molecule has 4 heteroatoms. The van der Waals surface area contributed by atoms with Crippen LogP contribution < -0.4 is 0 Å².